The average molecular weight is 335 g/mol. The van der Waals surface area contributed by atoms with E-state index in [0.717, 1.165) is 24.5 Å². The minimum absolute atomic E-state index is 0.00388. The summed E-state index contributed by atoms with van der Waals surface area (Å²) in [6, 6.07) is 2.17. The lowest BCUT2D eigenvalue weighted by molar-refractivity contribution is -0.123. The number of aromatic nitrogens is 4. The van der Waals surface area contributed by atoms with E-state index in [9.17, 15) is 4.79 Å². The number of aryl methyl sites for hydroxylation is 2. The quantitative estimate of drug-likeness (QED) is 0.757. The second kappa shape index (κ2) is 10.2. The van der Waals surface area contributed by atoms with Gasteiger partial charge in [0.1, 0.15) is 11.6 Å². The van der Waals surface area contributed by atoms with E-state index in [1.165, 1.54) is 0 Å². The van der Waals surface area contributed by atoms with Crippen LogP contribution in [0, 0.1) is 6.92 Å². The third-order valence-corrected chi connectivity index (χ3v) is 3.73. The average Bonchev–Trinajstić information content (AvgIpc) is 3.17. The van der Waals surface area contributed by atoms with Crippen molar-refractivity contribution in [2.75, 3.05) is 5.32 Å². The molecule has 0 radical (unpaired) electrons. The van der Waals surface area contributed by atoms with Crippen LogP contribution in [0.5, 0.6) is 0 Å². The van der Waals surface area contributed by atoms with Crippen LogP contribution >= 0.6 is 0 Å². The number of rotatable bonds is 7. The van der Waals surface area contributed by atoms with E-state index >= 15 is 0 Å². The molecule has 0 unspecified atom stereocenters. The van der Waals surface area contributed by atoms with Gasteiger partial charge in [0.25, 0.3) is 6.47 Å². The molecule has 2 rings (SSSR count). The summed E-state index contributed by atoms with van der Waals surface area (Å²) in [5, 5.41) is 14.2. The van der Waals surface area contributed by atoms with Crippen molar-refractivity contribution in [2.45, 2.75) is 52.6 Å². The molecule has 8 nitrogen and oxygen atoms in total. The molecule has 0 aliphatic carbocycles. The third-order valence-electron chi connectivity index (χ3n) is 3.73. The molecule has 24 heavy (non-hydrogen) atoms. The van der Waals surface area contributed by atoms with Gasteiger partial charge >= 0.3 is 0 Å². The van der Waals surface area contributed by atoms with Crippen molar-refractivity contribution >= 4 is 18.2 Å². The summed E-state index contributed by atoms with van der Waals surface area (Å²) in [6.07, 6.45) is 7.77. The second-order valence-corrected chi connectivity index (χ2v) is 5.20. The maximum atomic E-state index is 12.1. The summed E-state index contributed by atoms with van der Waals surface area (Å²) in [5.41, 5.74) is 0. The summed E-state index contributed by atoms with van der Waals surface area (Å²) < 4.78 is 3.87. The van der Waals surface area contributed by atoms with Crippen molar-refractivity contribution in [3.63, 3.8) is 0 Å². The first-order valence-electron chi connectivity index (χ1n) is 7.96. The monoisotopic (exact) mass is 335 g/mol. The summed E-state index contributed by atoms with van der Waals surface area (Å²) in [6.45, 7) is 6.57. The molecule has 0 saturated carbocycles. The van der Waals surface area contributed by atoms with E-state index in [4.69, 9.17) is 9.90 Å². The first-order chi connectivity index (χ1) is 11.6. The van der Waals surface area contributed by atoms with Crippen LogP contribution in [-0.2, 0) is 16.1 Å². The fraction of sp³-hybridized carbons (Fsp3) is 0.500. The molecule has 132 valence electrons. The van der Waals surface area contributed by atoms with E-state index < -0.39 is 0 Å². The van der Waals surface area contributed by atoms with E-state index in [1.54, 1.807) is 12.4 Å². The highest BCUT2D eigenvalue weighted by molar-refractivity contribution is 5.89. The van der Waals surface area contributed by atoms with Crippen LogP contribution in [0.25, 0.3) is 0 Å². The molecule has 8 heteroatoms. The zero-order chi connectivity index (χ0) is 17.9. The number of hydrogen-bond donors (Lipinski definition) is 2. The maximum Gasteiger partial charge on any atom is 0.290 e. The van der Waals surface area contributed by atoms with Gasteiger partial charge in [0.15, 0.2) is 0 Å². The van der Waals surface area contributed by atoms with Crippen molar-refractivity contribution in [3.05, 3.63) is 30.5 Å². The Balaban J connectivity index is 0.000000891. The topological polar surface area (TPSA) is 102 Å². The summed E-state index contributed by atoms with van der Waals surface area (Å²) in [4.78, 5) is 24.6. The number of carbonyl (C=O) groups excluding carboxylic acids is 1. The third kappa shape index (κ3) is 5.53. The first-order valence-corrected chi connectivity index (χ1v) is 7.96. The predicted molar refractivity (Wildman–Crippen MR) is 90.7 cm³/mol. The molecule has 2 aromatic heterocycles. The minimum Gasteiger partial charge on any atom is -0.483 e. The van der Waals surface area contributed by atoms with Crippen LogP contribution in [0.4, 0.5) is 5.82 Å². The van der Waals surface area contributed by atoms with Gasteiger partial charge in [-0.3, -0.25) is 9.59 Å². The number of anilines is 1. The van der Waals surface area contributed by atoms with E-state index in [1.807, 2.05) is 28.4 Å². The molecule has 0 aliphatic rings. The highest BCUT2D eigenvalue weighted by atomic mass is 16.3. The fourth-order valence-electron chi connectivity index (χ4n) is 2.41. The number of carboxylic acid groups (broad SMARTS) is 1. The SMILES string of the molecule is CCC(CC)n1nccc1NC(=O)CCn1ccnc1C.O=CO. The molecule has 0 aromatic carbocycles. The zero-order valence-corrected chi connectivity index (χ0v) is 14.3. The number of carbonyl (C=O) groups is 2. The van der Waals surface area contributed by atoms with Gasteiger partial charge in [-0.2, -0.15) is 5.10 Å². The normalized spacial score (nSPS) is 10.2. The largest absolute Gasteiger partial charge is 0.483 e. The molecule has 2 heterocycles. The molecule has 2 N–H and O–H groups in total. The second-order valence-electron chi connectivity index (χ2n) is 5.20. The van der Waals surface area contributed by atoms with E-state index in [2.05, 4.69) is 29.2 Å². The Kier molecular flexibility index (Phi) is 8.24. The smallest absolute Gasteiger partial charge is 0.290 e. The van der Waals surface area contributed by atoms with Crippen molar-refractivity contribution in [1.82, 2.24) is 19.3 Å². The molecular weight excluding hydrogens is 310 g/mol. The molecule has 0 aliphatic heterocycles. The van der Waals surface area contributed by atoms with Crippen LogP contribution in [0.15, 0.2) is 24.7 Å². The lowest BCUT2D eigenvalue weighted by Crippen LogP contribution is -2.19. The number of imidazole rings is 1. The Morgan fingerprint density at radius 2 is 2.04 bits per heavy atom. The Morgan fingerprint density at radius 1 is 1.38 bits per heavy atom. The van der Waals surface area contributed by atoms with E-state index in [-0.39, 0.29) is 12.4 Å². The minimum atomic E-state index is -0.250. The van der Waals surface area contributed by atoms with Gasteiger partial charge in [-0.1, -0.05) is 13.8 Å². The maximum absolute atomic E-state index is 12.1. The lowest BCUT2D eigenvalue weighted by atomic mass is 10.2. The Morgan fingerprint density at radius 3 is 2.58 bits per heavy atom. The molecule has 0 spiro atoms. The van der Waals surface area contributed by atoms with Crippen LogP contribution in [-0.4, -0.2) is 36.8 Å². The number of nitrogens with zero attached hydrogens (tertiary/aromatic N) is 4. The lowest BCUT2D eigenvalue weighted by Gasteiger charge is -2.17. The van der Waals surface area contributed by atoms with Gasteiger partial charge in [0, 0.05) is 31.4 Å². The van der Waals surface area contributed by atoms with Crippen LogP contribution in [0.3, 0.4) is 0 Å². The highest BCUT2D eigenvalue weighted by Gasteiger charge is 2.13. The Bertz CT molecular complexity index is 631. The highest BCUT2D eigenvalue weighted by Crippen LogP contribution is 2.20. The van der Waals surface area contributed by atoms with E-state index in [0.29, 0.717) is 19.0 Å². The van der Waals surface area contributed by atoms with Gasteiger partial charge in [-0.25, -0.2) is 9.67 Å². The number of amides is 1. The molecule has 2 aromatic rings. The van der Waals surface area contributed by atoms with Gasteiger partial charge in [0.05, 0.1) is 12.2 Å². The summed E-state index contributed by atoms with van der Waals surface area (Å²) >= 11 is 0. The Labute approximate surface area is 141 Å². The van der Waals surface area contributed by atoms with Crippen molar-refractivity contribution in [2.24, 2.45) is 0 Å². The summed E-state index contributed by atoms with van der Waals surface area (Å²) in [5.74, 6) is 1.69. The molecule has 0 bridgehead atoms. The molecule has 1 amide bonds. The molecule has 0 atom stereocenters. The van der Waals surface area contributed by atoms with Crippen molar-refractivity contribution < 1.29 is 14.7 Å². The van der Waals surface area contributed by atoms with Crippen LogP contribution < -0.4 is 5.32 Å². The van der Waals surface area contributed by atoms with Gasteiger partial charge in [-0.05, 0) is 19.8 Å². The van der Waals surface area contributed by atoms with Gasteiger partial charge in [0.2, 0.25) is 5.91 Å². The molecule has 0 fully saturated rings. The number of hydrogen-bond acceptors (Lipinski definition) is 4. The number of nitrogens with one attached hydrogen (secondary N) is 1. The summed E-state index contributed by atoms with van der Waals surface area (Å²) in [7, 11) is 0. The van der Waals surface area contributed by atoms with Crippen LogP contribution in [0.2, 0.25) is 0 Å². The molecule has 0 saturated heterocycles. The van der Waals surface area contributed by atoms with Gasteiger partial charge < -0.3 is 15.0 Å². The first kappa shape index (κ1) is 19.4. The van der Waals surface area contributed by atoms with Gasteiger partial charge in [-0.15, -0.1) is 0 Å². The molecular formula is C16H25N5O3. The van der Waals surface area contributed by atoms with Crippen LogP contribution in [0.1, 0.15) is 45.0 Å². The predicted octanol–water partition coefficient (Wildman–Crippen LogP) is 2.48. The zero-order valence-electron chi connectivity index (χ0n) is 14.3. The Hall–Kier alpha value is -2.64. The fourth-order valence-corrected chi connectivity index (χ4v) is 2.41. The standard InChI is InChI=1S/C15H23N5O.CH2O2/c1-4-13(5-2)20-14(6-8-17-20)18-15(21)7-10-19-11-9-16-12(19)3;2-1-3/h6,8-9,11,13H,4-5,7,10H2,1-3H3,(H,18,21);1H,(H,2,3). The van der Waals surface area contributed by atoms with Crippen molar-refractivity contribution in [3.8, 4) is 0 Å². The van der Waals surface area contributed by atoms with Crippen molar-refractivity contribution in [1.29, 1.82) is 0 Å².